The fraction of sp³-hybridized carbons (Fsp3) is 0.333. The van der Waals surface area contributed by atoms with E-state index in [4.69, 9.17) is 14.6 Å². The zero-order valence-corrected chi connectivity index (χ0v) is 16.0. The molecule has 0 bridgehead atoms. The quantitative estimate of drug-likeness (QED) is 0.734. The lowest BCUT2D eigenvalue weighted by Gasteiger charge is -2.13. The van der Waals surface area contributed by atoms with Crippen LogP contribution >= 0.6 is 0 Å². The van der Waals surface area contributed by atoms with Crippen molar-refractivity contribution in [2.75, 3.05) is 11.9 Å². The van der Waals surface area contributed by atoms with Gasteiger partial charge in [-0.2, -0.15) is 0 Å². The predicted molar refractivity (Wildman–Crippen MR) is 103 cm³/mol. The van der Waals surface area contributed by atoms with Crippen LogP contribution in [0.5, 0.6) is 5.75 Å². The molecule has 0 saturated heterocycles. The van der Waals surface area contributed by atoms with Gasteiger partial charge in [0.05, 0.1) is 12.7 Å². The van der Waals surface area contributed by atoms with Crippen LogP contribution in [0, 0.1) is 13.8 Å². The highest BCUT2D eigenvalue weighted by molar-refractivity contribution is 6.04. The molecule has 0 aliphatic rings. The largest absolute Gasteiger partial charge is 0.481 e. The zero-order chi connectivity index (χ0) is 20.0. The smallest absolute Gasteiger partial charge is 0.341 e. The minimum Gasteiger partial charge on any atom is -0.481 e. The van der Waals surface area contributed by atoms with Crippen LogP contribution in [0.3, 0.4) is 0 Å². The molecule has 27 heavy (non-hydrogen) atoms. The van der Waals surface area contributed by atoms with E-state index in [0.717, 1.165) is 5.56 Å². The Bertz CT molecular complexity index is 806. The Morgan fingerprint density at radius 1 is 1.11 bits per heavy atom. The normalized spacial score (nSPS) is 10.7. The second kappa shape index (κ2) is 9.19. The predicted octanol–water partition coefficient (Wildman–Crippen LogP) is 3.94. The Balaban J connectivity index is 2.12. The lowest BCUT2D eigenvalue weighted by atomic mass is 10.0. The van der Waals surface area contributed by atoms with Crippen LogP contribution < -0.4 is 10.1 Å². The van der Waals surface area contributed by atoms with Crippen molar-refractivity contribution in [3.63, 3.8) is 0 Å². The molecule has 2 aromatic carbocycles. The minimum atomic E-state index is -1.04. The summed E-state index contributed by atoms with van der Waals surface area (Å²) in [5.74, 6) is -0.799. The van der Waals surface area contributed by atoms with E-state index in [1.54, 1.807) is 26.0 Å². The maximum Gasteiger partial charge on any atom is 0.341 e. The third kappa shape index (κ3) is 6.11. The molecule has 0 atom stereocenters. The van der Waals surface area contributed by atoms with Crippen LogP contribution in [0.4, 0.5) is 5.69 Å². The first-order valence-corrected chi connectivity index (χ1v) is 8.74. The van der Waals surface area contributed by atoms with Gasteiger partial charge in [0.1, 0.15) is 5.75 Å². The van der Waals surface area contributed by atoms with Crippen molar-refractivity contribution in [2.24, 2.45) is 0 Å². The molecule has 2 rings (SSSR count). The monoisotopic (exact) mass is 371 g/mol. The molecule has 6 heteroatoms. The summed E-state index contributed by atoms with van der Waals surface area (Å²) in [6.07, 6.45) is 0.135. The Hall–Kier alpha value is -2.86. The molecule has 0 heterocycles. The highest BCUT2D eigenvalue weighted by atomic mass is 16.5. The lowest BCUT2D eigenvalue weighted by molar-refractivity contribution is -0.139. The number of hydrogen-bond donors (Lipinski definition) is 2. The van der Waals surface area contributed by atoms with E-state index in [0.29, 0.717) is 34.7 Å². The highest BCUT2D eigenvalue weighted by Gasteiger charge is 2.13. The summed E-state index contributed by atoms with van der Waals surface area (Å²) in [5.41, 5.74) is 3.56. The number of anilines is 1. The van der Waals surface area contributed by atoms with Crippen molar-refractivity contribution >= 4 is 17.6 Å². The molecule has 0 saturated carbocycles. The number of benzene rings is 2. The summed E-state index contributed by atoms with van der Waals surface area (Å²) in [6.45, 7) is 7.57. The number of amides is 1. The van der Waals surface area contributed by atoms with Crippen LogP contribution in [0.2, 0.25) is 0 Å². The summed E-state index contributed by atoms with van der Waals surface area (Å²) in [5, 5.41) is 11.6. The number of rotatable bonds is 8. The number of hydrogen-bond acceptors (Lipinski definition) is 4. The minimum absolute atomic E-state index is 0.135. The first-order chi connectivity index (χ1) is 12.8. The topological polar surface area (TPSA) is 84.9 Å². The van der Waals surface area contributed by atoms with Crippen molar-refractivity contribution in [1.29, 1.82) is 0 Å². The van der Waals surface area contributed by atoms with Crippen LogP contribution in [0.1, 0.15) is 40.9 Å². The van der Waals surface area contributed by atoms with Crippen LogP contribution in [-0.4, -0.2) is 29.7 Å². The van der Waals surface area contributed by atoms with Gasteiger partial charge in [0.25, 0.3) is 5.91 Å². The Morgan fingerprint density at radius 2 is 1.78 bits per heavy atom. The van der Waals surface area contributed by atoms with Gasteiger partial charge < -0.3 is 19.9 Å². The van der Waals surface area contributed by atoms with Crippen LogP contribution in [-0.2, 0) is 16.1 Å². The van der Waals surface area contributed by atoms with E-state index in [1.807, 2.05) is 38.1 Å². The van der Waals surface area contributed by atoms with Gasteiger partial charge in [0.15, 0.2) is 6.61 Å². The average molecular weight is 371 g/mol. The molecule has 1 amide bonds. The molecule has 0 fully saturated rings. The summed E-state index contributed by atoms with van der Waals surface area (Å²) < 4.78 is 10.9. The highest BCUT2D eigenvalue weighted by Crippen LogP contribution is 2.25. The third-order valence-corrected chi connectivity index (χ3v) is 3.83. The molecular formula is C21H25NO5. The van der Waals surface area contributed by atoms with E-state index >= 15 is 0 Å². The van der Waals surface area contributed by atoms with Crippen molar-refractivity contribution in [3.8, 4) is 5.75 Å². The summed E-state index contributed by atoms with van der Waals surface area (Å²) in [6, 6.07) is 10.9. The molecule has 0 aromatic heterocycles. The van der Waals surface area contributed by atoms with E-state index in [2.05, 4.69) is 5.32 Å². The zero-order valence-electron chi connectivity index (χ0n) is 16.0. The number of carboxylic acid groups (broad SMARTS) is 1. The van der Waals surface area contributed by atoms with Gasteiger partial charge >= 0.3 is 5.97 Å². The van der Waals surface area contributed by atoms with Crippen molar-refractivity contribution in [1.82, 2.24) is 0 Å². The molecular weight excluding hydrogens is 346 g/mol. The average Bonchev–Trinajstić information content (AvgIpc) is 2.59. The van der Waals surface area contributed by atoms with E-state index in [-0.39, 0.29) is 12.0 Å². The van der Waals surface area contributed by atoms with Gasteiger partial charge in [0, 0.05) is 11.3 Å². The molecule has 0 spiro atoms. The number of aliphatic carboxylic acids is 1. The second-order valence-corrected chi connectivity index (χ2v) is 6.64. The fourth-order valence-corrected chi connectivity index (χ4v) is 2.65. The van der Waals surface area contributed by atoms with Gasteiger partial charge in [-0.05, 0) is 68.7 Å². The number of aryl methyl sites for hydroxylation is 2. The molecule has 144 valence electrons. The molecule has 2 aromatic rings. The summed E-state index contributed by atoms with van der Waals surface area (Å²) >= 11 is 0. The third-order valence-electron chi connectivity index (χ3n) is 3.83. The Morgan fingerprint density at radius 3 is 2.37 bits per heavy atom. The van der Waals surface area contributed by atoms with Crippen molar-refractivity contribution in [3.05, 3.63) is 58.7 Å². The number of nitrogens with one attached hydrogen (secondary N) is 1. The molecule has 0 unspecified atom stereocenters. The van der Waals surface area contributed by atoms with Crippen LogP contribution in [0.15, 0.2) is 36.4 Å². The summed E-state index contributed by atoms with van der Waals surface area (Å²) in [7, 11) is 0. The lowest BCUT2D eigenvalue weighted by Crippen LogP contribution is -2.14. The first-order valence-electron chi connectivity index (χ1n) is 8.74. The second-order valence-electron chi connectivity index (χ2n) is 6.64. The van der Waals surface area contributed by atoms with E-state index in [9.17, 15) is 9.59 Å². The number of carboxylic acids is 1. The van der Waals surface area contributed by atoms with Crippen molar-refractivity contribution < 1.29 is 24.2 Å². The van der Waals surface area contributed by atoms with Gasteiger partial charge in [-0.25, -0.2) is 4.79 Å². The van der Waals surface area contributed by atoms with Crippen molar-refractivity contribution in [2.45, 2.75) is 40.4 Å². The van der Waals surface area contributed by atoms with E-state index in [1.165, 1.54) is 0 Å². The number of carbonyl (C=O) groups excluding carboxylic acids is 1. The fourth-order valence-electron chi connectivity index (χ4n) is 2.65. The van der Waals surface area contributed by atoms with Gasteiger partial charge in [-0.15, -0.1) is 0 Å². The maximum atomic E-state index is 12.6. The van der Waals surface area contributed by atoms with Gasteiger partial charge in [-0.1, -0.05) is 12.1 Å². The molecule has 0 radical (unpaired) electrons. The standard InChI is InChI=1S/C21H25NO5/c1-13(2)26-11-16-6-5-7-18(10-16)22-21(25)17-8-14(3)20(15(4)9-17)27-12-19(23)24/h5-10,13H,11-12H2,1-4H3,(H,22,25)(H,23,24). The first kappa shape index (κ1) is 20.5. The number of ether oxygens (including phenoxy) is 2. The molecule has 6 nitrogen and oxygen atoms in total. The Kier molecular flexibility index (Phi) is 6.96. The maximum absolute atomic E-state index is 12.6. The summed E-state index contributed by atoms with van der Waals surface area (Å²) in [4.78, 5) is 23.3. The Labute approximate surface area is 159 Å². The molecule has 0 aliphatic carbocycles. The van der Waals surface area contributed by atoms with Gasteiger partial charge in [0.2, 0.25) is 0 Å². The SMILES string of the molecule is Cc1cc(C(=O)Nc2cccc(COC(C)C)c2)cc(C)c1OCC(=O)O. The van der Waals surface area contributed by atoms with Gasteiger partial charge in [-0.3, -0.25) is 4.79 Å². The van der Waals surface area contributed by atoms with Crippen LogP contribution in [0.25, 0.3) is 0 Å². The molecule has 0 aliphatic heterocycles. The number of carbonyl (C=O) groups is 2. The van der Waals surface area contributed by atoms with E-state index < -0.39 is 12.6 Å². The molecule has 2 N–H and O–H groups in total.